The van der Waals surface area contributed by atoms with Crippen molar-refractivity contribution in [2.75, 3.05) is 30.4 Å². The first kappa shape index (κ1) is 17.5. The number of hydrogen-bond donors (Lipinski definition) is 1. The molecule has 0 aliphatic carbocycles. The molecule has 126 valence electrons. The highest BCUT2D eigenvalue weighted by molar-refractivity contribution is 5.97. The first-order valence-corrected chi connectivity index (χ1v) is 7.68. The number of nitrogens with one attached hydrogen (secondary N) is 1. The second kappa shape index (κ2) is 8.10. The van der Waals surface area contributed by atoms with E-state index in [1.165, 1.54) is 11.8 Å². The van der Waals surface area contributed by atoms with Gasteiger partial charge in [0.2, 0.25) is 11.8 Å². The third-order valence-corrected chi connectivity index (χ3v) is 3.60. The Hall–Kier alpha value is -2.89. The Labute approximate surface area is 142 Å². The first-order chi connectivity index (χ1) is 11.5. The van der Waals surface area contributed by atoms with Crippen LogP contribution in [0.5, 0.6) is 0 Å². The maximum Gasteiger partial charge on any atom is 0.240 e. The average Bonchev–Trinajstić information content (AvgIpc) is 2.58. The molecule has 0 aliphatic rings. The van der Waals surface area contributed by atoms with Gasteiger partial charge >= 0.3 is 0 Å². The molecule has 0 bridgehead atoms. The highest BCUT2D eigenvalue weighted by Crippen LogP contribution is 2.19. The third-order valence-electron chi connectivity index (χ3n) is 3.60. The van der Waals surface area contributed by atoms with Gasteiger partial charge in [0.05, 0.1) is 0 Å². The van der Waals surface area contributed by atoms with E-state index in [-0.39, 0.29) is 18.4 Å². The smallest absolute Gasteiger partial charge is 0.240 e. The molecule has 2 amide bonds. The Bertz CT molecular complexity index is 684. The number of pyridine rings is 1. The van der Waals surface area contributed by atoms with Gasteiger partial charge in [-0.1, -0.05) is 0 Å². The molecule has 2 aromatic rings. The highest BCUT2D eigenvalue weighted by atomic mass is 16.2. The number of benzene rings is 1. The minimum absolute atomic E-state index is 0.0122. The van der Waals surface area contributed by atoms with Gasteiger partial charge in [0.1, 0.15) is 6.54 Å². The summed E-state index contributed by atoms with van der Waals surface area (Å²) in [6.07, 6.45) is 3.35. The quantitative estimate of drug-likeness (QED) is 0.879. The Balaban J connectivity index is 2.00. The molecule has 6 heteroatoms. The fourth-order valence-corrected chi connectivity index (χ4v) is 2.22. The van der Waals surface area contributed by atoms with Crippen LogP contribution in [0, 0.1) is 0 Å². The Kier molecular flexibility index (Phi) is 5.89. The van der Waals surface area contributed by atoms with E-state index in [9.17, 15) is 9.59 Å². The number of aromatic nitrogens is 1. The molecular weight excluding hydrogens is 304 g/mol. The number of nitrogens with zero attached hydrogens (tertiary/aromatic N) is 3. The maximum atomic E-state index is 12.2. The van der Waals surface area contributed by atoms with E-state index >= 15 is 0 Å². The van der Waals surface area contributed by atoms with Crippen LogP contribution in [0.3, 0.4) is 0 Å². The van der Waals surface area contributed by atoms with E-state index in [1.54, 1.807) is 12.4 Å². The van der Waals surface area contributed by atoms with Gasteiger partial charge in [0.15, 0.2) is 0 Å². The van der Waals surface area contributed by atoms with Crippen molar-refractivity contribution in [1.82, 2.24) is 10.3 Å². The van der Waals surface area contributed by atoms with Crippen molar-refractivity contribution < 1.29 is 9.59 Å². The van der Waals surface area contributed by atoms with Crippen LogP contribution in [-0.4, -0.2) is 37.4 Å². The van der Waals surface area contributed by atoms with E-state index in [4.69, 9.17) is 0 Å². The van der Waals surface area contributed by atoms with Crippen molar-refractivity contribution >= 4 is 23.2 Å². The molecule has 0 saturated heterocycles. The van der Waals surface area contributed by atoms with Crippen molar-refractivity contribution in [3.63, 3.8) is 0 Å². The van der Waals surface area contributed by atoms with Crippen LogP contribution in [0.4, 0.5) is 11.4 Å². The van der Waals surface area contributed by atoms with Crippen molar-refractivity contribution in [3.05, 3.63) is 54.4 Å². The number of anilines is 2. The summed E-state index contributed by atoms with van der Waals surface area (Å²) in [5, 5.41) is 2.81. The summed E-state index contributed by atoms with van der Waals surface area (Å²) in [7, 11) is 3.90. The fraction of sp³-hybridized carbons (Fsp3) is 0.278. The van der Waals surface area contributed by atoms with Gasteiger partial charge in [0, 0.05) is 51.3 Å². The topological polar surface area (TPSA) is 65.5 Å². The summed E-state index contributed by atoms with van der Waals surface area (Å²) in [6.45, 7) is 1.85. The third kappa shape index (κ3) is 4.81. The second-order valence-electron chi connectivity index (χ2n) is 5.65. The SMILES string of the molecule is CC(=O)N(CC(=O)NCc1ccncc1)c1ccc(N(C)C)cc1. The molecule has 24 heavy (non-hydrogen) atoms. The van der Waals surface area contributed by atoms with Crippen LogP contribution in [0.15, 0.2) is 48.8 Å². The summed E-state index contributed by atoms with van der Waals surface area (Å²) in [6, 6.07) is 11.2. The molecule has 0 spiro atoms. The number of amides is 2. The van der Waals surface area contributed by atoms with Gasteiger partial charge in [0.25, 0.3) is 0 Å². The molecule has 0 radical (unpaired) electrons. The molecule has 0 unspecified atom stereocenters. The Morgan fingerprint density at radius 1 is 1.00 bits per heavy atom. The predicted molar refractivity (Wildman–Crippen MR) is 94.9 cm³/mol. The largest absolute Gasteiger partial charge is 0.378 e. The molecule has 0 fully saturated rings. The molecule has 1 aromatic carbocycles. The van der Waals surface area contributed by atoms with E-state index < -0.39 is 0 Å². The Morgan fingerprint density at radius 2 is 1.58 bits per heavy atom. The lowest BCUT2D eigenvalue weighted by Crippen LogP contribution is -2.39. The predicted octanol–water partition coefficient (Wildman–Crippen LogP) is 1.82. The van der Waals surface area contributed by atoms with Crippen molar-refractivity contribution in [1.29, 1.82) is 0 Å². The Morgan fingerprint density at radius 3 is 2.12 bits per heavy atom. The second-order valence-corrected chi connectivity index (χ2v) is 5.65. The lowest BCUT2D eigenvalue weighted by Gasteiger charge is -2.22. The standard InChI is InChI=1S/C18H22N4O2/c1-14(23)22(17-6-4-16(5-7-17)21(2)3)13-18(24)20-12-15-8-10-19-11-9-15/h4-11H,12-13H2,1-3H3,(H,20,24). The lowest BCUT2D eigenvalue weighted by molar-refractivity contribution is -0.123. The molecular formula is C18H22N4O2. The van der Waals surface area contributed by atoms with Crippen molar-refractivity contribution in [3.8, 4) is 0 Å². The number of rotatable bonds is 6. The summed E-state index contributed by atoms with van der Waals surface area (Å²) in [5.74, 6) is -0.384. The maximum absolute atomic E-state index is 12.2. The monoisotopic (exact) mass is 326 g/mol. The molecule has 0 atom stereocenters. The van der Waals surface area contributed by atoms with Crippen LogP contribution >= 0.6 is 0 Å². The van der Waals surface area contributed by atoms with Crippen LogP contribution < -0.4 is 15.1 Å². The molecule has 1 aromatic heterocycles. The summed E-state index contributed by atoms with van der Waals surface area (Å²) < 4.78 is 0. The number of carbonyl (C=O) groups is 2. The molecule has 6 nitrogen and oxygen atoms in total. The molecule has 1 heterocycles. The van der Waals surface area contributed by atoms with E-state index in [2.05, 4.69) is 10.3 Å². The van der Waals surface area contributed by atoms with Gasteiger partial charge in [-0.25, -0.2) is 0 Å². The van der Waals surface area contributed by atoms with Crippen molar-refractivity contribution in [2.45, 2.75) is 13.5 Å². The van der Waals surface area contributed by atoms with E-state index in [0.717, 1.165) is 11.3 Å². The fourth-order valence-electron chi connectivity index (χ4n) is 2.22. The van der Waals surface area contributed by atoms with Crippen LogP contribution in [-0.2, 0) is 16.1 Å². The van der Waals surface area contributed by atoms with Crippen molar-refractivity contribution in [2.24, 2.45) is 0 Å². The molecule has 1 N–H and O–H groups in total. The zero-order valence-corrected chi connectivity index (χ0v) is 14.2. The zero-order chi connectivity index (χ0) is 17.5. The minimum atomic E-state index is -0.210. The molecule has 2 rings (SSSR count). The van der Waals surface area contributed by atoms with Crippen LogP contribution in [0.25, 0.3) is 0 Å². The van der Waals surface area contributed by atoms with Gasteiger partial charge in [-0.2, -0.15) is 0 Å². The van der Waals surface area contributed by atoms with E-state index in [1.807, 2.05) is 55.4 Å². The summed E-state index contributed by atoms with van der Waals surface area (Å²) >= 11 is 0. The highest BCUT2D eigenvalue weighted by Gasteiger charge is 2.15. The molecule has 0 aliphatic heterocycles. The van der Waals surface area contributed by atoms with Gasteiger partial charge < -0.3 is 15.1 Å². The lowest BCUT2D eigenvalue weighted by atomic mass is 10.2. The van der Waals surface area contributed by atoms with Crippen LogP contribution in [0.2, 0.25) is 0 Å². The normalized spacial score (nSPS) is 10.1. The van der Waals surface area contributed by atoms with Gasteiger partial charge in [-0.05, 0) is 42.0 Å². The summed E-state index contributed by atoms with van der Waals surface area (Å²) in [4.78, 5) is 31.4. The van der Waals surface area contributed by atoms with Gasteiger partial charge in [-0.15, -0.1) is 0 Å². The first-order valence-electron chi connectivity index (χ1n) is 7.68. The summed E-state index contributed by atoms with van der Waals surface area (Å²) in [5.41, 5.74) is 2.69. The zero-order valence-electron chi connectivity index (χ0n) is 14.2. The number of carbonyl (C=O) groups excluding carboxylic acids is 2. The van der Waals surface area contributed by atoms with E-state index in [0.29, 0.717) is 12.2 Å². The van der Waals surface area contributed by atoms with Crippen LogP contribution in [0.1, 0.15) is 12.5 Å². The average molecular weight is 326 g/mol. The molecule has 0 saturated carbocycles. The number of hydrogen-bond acceptors (Lipinski definition) is 4. The van der Waals surface area contributed by atoms with Gasteiger partial charge in [-0.3, -0.25) is 14.6 Å². The minimum Gasteiger partial charge on any atom is -0.378 e.